The summed E-state index contributed by atoms with van der Waals surface area (Å²) in [6.07, 6.45) is -1.21. The number of nitrogens with one attached hydrogen (secondary N) is 2. The molecule has 0 saturated carbocycles. The highest BCUT2D eigenvalue weighted by Crippen LogP contribution is 2.18. The van der Waals surface area contributed by atoms with Gasteiger partial charge in [-0.2, -0.15) is 13.2 Å². The Bertz CT molecular complexity index is 377. The van der Waals surface area contributed by atoms with E-state index in [-0.39, 0.29) is 30.5 Å². The monoisotopic (exact) mass is 404 g/mol. The van der Waals surface area contributed by atoms with E-state index in [1.807, 2.05) is 36.0 Å². The molecule has 1 rings (SSSR count). The zero-order chi connectivity index (χ0) is 14.1. The van der Waals surface area contributed by atoms with Crippen LogP contribution in [0.15, 0.2) is 29.5 Å². The van der Waals surface area contributed by atoms with Gasteiger partial charge in [0.05, 0.1) is 13.0 Å². The van der Waals surface area contributed by atoms with Gasteiger partial charge in [-0.25, -0.2) is 0 Å². The lowest BCUT2D eigenvalue weighted by Crippen LogP contribution is -2.39. The Hall–Kier alpha value is -0.930. The van der Waals surface area contributed by atoms with Crippen molar-refractivity contribution in [2.45, 2.75) is 26.1 Å². The average Bonchev–Trinajstić information content (AvgIpc) is 2.80. The zero-order valence-corrected chi connectivity index (χ0v) is 13.6. The molecule has 0 spiro atoms. The van der Waals surface area contributed by atoms with Gasteiger partial charge in [-0.05, 0) is 19.1 Å². The Balaban J connectivity index is 0.00000361. The summed E-state index contributed by atoms with van der Waals surface area (Å²) in [6, 6.07) is 3.84. The molecule has 0 bridgehead atoms. The molecule has 0 radical (unpaired) electrons. The van der Waals surface area contributed by atoms with Crippen LogP contribution in [0, 0.1) is 0 Å². The van der Waals surface area contributed by atoms with E-state index in [1.54, 1.807) is 0 Å². The summed E-state index contributed by atoms with van der Waals surface area (Å²) in [6.45, 7) is 3.56. The highest BCUT2D eigenvalue weighted by atomic mass is 127. The lowest BCUT2D eigenvalue weighted by molar-refractivity contribution is -0.132. The summed E-state index contributed by atoms with van der Waals surface area (Å²) < 4.78 is 38.0. The molecular weight excluding hydrogens is 384 g/mol. The van der Waals surface area contributed by atoms with Gasteiger partial charge in [-0.3, -0.25) is 4.99 Å². The van der Waals surface area contributed by atoms with Gasteiger partial charge in [0, 0.05) is 32.0 Å². The summed E-state index contributed by atoms with van der Waals surface area (Å²) in [5.74, 6) is 0.416. The van der Waals surface area contributed by atoms with Crippen LogP contribution in [0.4, 0.5) is 13.2 Å². The van der Waals surface area contributed by atoms with E-state index in [2.05, 4.69) is 15.6 Å². The summed E-state index contributed by atoms with van der Waals surface area (Å²) in [5.41, 5.74) is 0. The number of hydrogen-bond donors (Lipinski definition) is 2. The maximum Gasteiger partial charge on any atom is 0.390 e. The largest absolute Gasteiger partial charge is 0.390 e. The van der Waals surface area contributed by atoms with E-state index >= 15 is 0 Å². The number of alkyl halides is 3. The van der Waals surface area contributed by atoms with Gasteiger partial charge in [0.2, 0.25) is 0 Å². The second kappa shape index (κ2) is 9.89. The van der Waals surface area contributed by atoms with Gasteiger partial charge in [-0.15, -0.1) is 24.0 Å². The normalized spacial score (nSPS) is 11.9. The minimum absolute atomic E-state index is 0. The third-order valence-electron chi connectivity index (χ3n) is 2.34. The van der Waals surface area contributed by atoms with Crippen LogP contribution in [0.1, 0.15) is 13.3 Å². The predicted octanol–water partition coefficient (Wildman–Crippen LogP) is 2.61. The van der Waals surface area contributed by atoms with Crippen molar-refractivity contribution in [1.29, 1.82) is 0 Å². The highest BCUT2D eigenvalue weighted by molar-refractivity contribution is 14.0. The molecule has 20 heavy (non-hydrogen) atoms. The molecule has 2 N–H and O–H groups in total. The van der Waals surface area contributed by atoms with E-state index < -0.39 is 12.6 Å². The van der Waals surface area contributed by atoms with Crippen molar-refractivity contribution >= 4 is 29.9 Å². The molecule has 0 fully saturated rings. The Morgan fingerprint density at radius 2 is 1.85 bits per heavy atom. The third kappa shape index (κ3) is 9.05. The van der Waals surface area contributed by atoms with Crippen LogP contribution in [-0.2, 0) is 6.54 Å². The molecule has 0 saturated heterocycles. The minimum Gasteiger partial charge on any atom is -0.357 e. The first-order valence-corrected chi connectivity index (χ1v) is 6.21. The van der Waals surface area contributed by atoms with Gasteiger partial charge in [-0.1, -0.05) is 0 Å². The minimum atomic E-state index is -4.16. The molecule has 116 valence electrons. The van der Waals surface area contributed by atoms with Gasteiger partial charge in [0.1, 0.15) is 0 Å². The van der Waals surface area contributed by atoms with Gasteiger partial charge >= 0.3 is 6.18 Å². The molecule has 8 heteroatoms. The quantitative estimate of drug-likeness (QED) is 0.435. The first kappa shape index (κ1) is 19.1. The van der Waals surface area contributed by atoms with Crippen molar-refractivity contribution < 1.29 is 13.2 Å². The second-order valence-electron chi connectivity index (χ2n) is 3.97. The summed E-state index contributed by atoms with van der Waals surface area (Å²) in [5, 5.41) is 5.91. The van der Waals surface area contributed by atoms with E-state index in [4.69, 9.17) is 0 Å². The Kier molecular flexibility index (Phi) is 9.43. The third-order valence-corrected chi connectivity index (χ3v) is 2.34. The number of rotatable bonds is 6. The van der Waals surface area contributed by atoms with Gasteiger partial charge < -0.3 is 15.2 Å². The molecule has 0 atom stereocenters. The lowest BCUT2D eigenvalue weighted by atomic mass is 10.4. The van der Waals surface area contributed by atoms with Crippen LogP contribution >= 0.6 is 24.0 Å². The molecule has 1 aromatic heterocycles. The van der Waals surface area contributed by atoms with Crippen LogP contribution in [0.5, 0.6) is 0 Å². The maximum absolute atomic E-state index is 12.0. The van der Waals surface area contributed by atoms with Crippen molar-refractivity contribution in [3.05, 3.63) is 24.5 Å². The number of guanidine groups is 1. The number of halogens is 4. The second-order valence-corrected chi connectivity index (χ2v) is 3.97. The number of hydrogen-bond acceptors (Lipinski definition) is 1. The Morgan fingerprint density at radius 3 is 2.40 bits per heavy atom. The van der Waals surface area contributed by atoms with Crippen LogP contribution in [0.25, 0.3) is 0 Å². The van der Waals surface area contributed by atoms with Crippen LogP contribution < -0.4 is 10.6 Å². The predicted molar refractivity (Wildman–Crippen MR) is 84.5 cm³/mol. The van der Waals surface area contributed by atoms with Crippen LogP contribution in [0.2, 0.25) is 0 Å². The van der Waals surface area contributed by atoms with Crippen molar-refractivity contribution in [3.8, 4) is 0 Å². The molecule has 4 nitrogen and oxygen atoms in total. The molecule has 1 heterocycles. The Morgan fingerprint density at radius 1 is 1.20 bits per heavy atom. The highest BCUT2D eigenvalue weighted by Gasteiger charge is 2.26. The summed E-state index contributed by atoms with van der Waals surface area (Å²) >= 11 is 0. The van der Waals surface area contributed by atoms with Crippen molar-refractivity contribution in [3.63, 3.8) is 0 Å². The molecule has 0 unspecified atom stereocenters. The van der Waals surface area contributed by atoms with Crippen molar-refractivity contribution in [2.75, 3.05) is 19.6 Å². The molecule has 0 aliphatic rings. The first-order chi connectivity index (χ1) is 9.01. The van der Waals surface area contributed by atoms with Crippen LogP contribution in [-0.4, -0.2) is 36.3 Å². The molecule has 0 aliphatic heterocycles. The van der Waals surface area contributed by atoms with Gasteiger partial charge in [0.25, 0.3) is 0 Å². The summed E-state index contributed by atoms with van der Waals surface area (Å²) in [7, 11) is 0. The fraction of sp³-hybridized carbons (Fsp3) is 0.583. The molecule has 1 aromatic rings. The SMILES string of the molecule is CCNC(=NCCC(F)(F)F)NCCn1cccc1.I. The summed E-state index contributed by atoms with van der Waals surface area (Å²) in [4.78, 5) is 3.88. The van der Waals surface area contributed by atoms with Gasteiger partial charge in [0.15, 0.2) is 5.96 Å². The lowest BCUT2D eigenvalue weighted by Gasteiger charge is -2.12. The Labute approximate surface area is 133 Å². The van der Waals surface area contributed by atoms with Crippen LogP contribution in [0.3, 0.4) is 0 Å². The number of aliphatic imine (C=N–C) groups is 1. The molecule has 0 aliphatic carbocycles. The average molecular weight is 404 g/mol. The van der Waals surface area contributed by atoms with Crippen molar-refractivity contribution in [2.24, 2.45) is 4.99 Å². The maximum atomic E-state index is 12.0. The van der Waals surface area contributed by atoms with E-state index in [0.29, 0.717) is 19.0 Å². The number of aromatic nitrogens is 1. The fourth-order valence-electron chi connectivity index (χ4n) is 1.46. The smallest absolute Gasteiger partial charge is 0.357 e. The standard InChI is InChI=1S/C12H19F3N4.HI/c1-2-16-11(17-6-5-12(13,14)15)18-7-10-19-8-3-4-9-19;/h3-4,8-9H,2,5-7,10H2,1H3,(H2,16,17,18);1H. The molecule has 0 aromatic carbocycles. The zero-order valence-electron chi connectivity index (χ0n) is 11.3. The van der Waals surface area contributed by atoms with E-state index in [0.717, 1.165) is 6.54 Å². The fourth-order valence-corrected chi connectivity index (χ4v) is 1.46. The van der Waals surface area contributed by atoms with Crippen molar-refractivity contribution in [1.82, 2.24) is 15.2 Å². The molecular formula is C12H20F3IN4. The van der Waals surface area contributed by atoms with E-state index in [9.17, 15) is 13.2 Å². The first-order valence-electron chi connectivity index (χ1n) is 6.21. The number of nitrogens with zero attached hydrogens (tertiary/aromatic N) is 2. The van der Waals surface area contributed by atoms with E-state index in [1.165, 1.54) is 0 Å². The topological polar surface area (TPSA) is 41.4 Å². The molecule has 0 amide bonds.